The van der Waals surface area contributed by atoms with E-state index >= 15 is 0 Å². The molecule has 154 valence electrons. The van der Waals surface area contributed by atoms with Gasteiger partial charge in [-0.05, 0) is 50.2 Å². The Morgan fingerprint density at radius 1 is 1.14 bits per heavy atom. The first kappa shape index (κ1) is 20.7. The van der Waals surface area contributed by atoms with Crippen LogP contribution in [0.5, 0.6) is 5.75 Å². The maximum atomic E-state index is 13.1. The average molecular weight is 406 g/mol. The van der Waals surface area contributed by atoms with Gasteiger partial charge in [-0.2, -0.15) is 13.2 Å². The second-order valence-corrected chi connectivity index (χ2v) is 7.10. The number of carbonyl (C=O) groups excluding carboxylic acids is 2. The quantitative estimate of drug-likeness (QED) is 0.796. The van der Waals surface area contributed by atoms with Crippen molar-refractivity contribution in [2.75, 3.05) is 16.8 Å². The number of amides is 2. The van der Waals surface area contributed by atoms with Gasteiger partial charge in [0.25, 0.3) is 0 Å². The zero-order chi connectivity index (χ0) is 21.2. The van der Waals surface area contributed by atoms with Crippen molar-refractivity contribution >= 4 is 23.2 Å². The Bertz CT molecular complexity index is 895. The van der Waals surface area contributed by atoms with Crippen LogP contribution in [0.3, 0.4) is 0 Å². The van der Waals surface area contributed by atoms with E-state index in [1.54, 1.807) is 24.3 Å². The van der Waals surface area contributed by atoms with Crippen LogP contribution in [-0.4, -0.2) is 24.5 Å². The van der Waals surface area contributed by atoms with Crippen molar-refractivity contribution in [1.82, 2.24) is 0 Å². The van der Waals surface area contributed by atoms with E-state index < -0.39 is 23.6 Å². The molecule has 0 unspecified atom stereocenters. The highest BCUT2D eigenvalue weighted by molar-refractivity contribution is 6.03. The number of para-hydroxylation sites is 1. The molecule has 2 amide bonds. The number of anilines is 2. The number of hydrogen-bond acceptors (Lipinski definition) is 3. The third-order valence-electron chi connectivity index (χ3n) is 4.51. The van der Waals surface area contributed by atoms with Crippen molar-refractivity contribution in [1.29, 1.82) is 0 Å². The Kier molecular flexibility index (Phi) is 5.81. The molecule has 0 bridgehead atoms. The zero-order valence-electron chi connectivity index (χ0n) is 16.0. The molecule has 1 aliphatic heterocycles. The number of nitrogens with one attached hydrogen (secondary N) is 1. The lowest BCUT2D eigenvalue weighted by Gasteiger charge is -2.18. The first-order chi connectivity index (χ1) is 13.6. The highest BCUT2D eigenvalue weighted by atomic mass is 19.4. The molecule has 0 spiro atoms. The second-order valence-electron chi connectivity index (χ2n) is 7.10. The molecule has 0 aliphatic carbocycles. The average Bonchev–Trinajstić information content (AvgIpc) is 3.03. The van der Waals surface area contributed by atoms with Crippen LogP contribution in [-0.2, 0) is 15.8 Å². The van der Waals surface area contributed by atoms with Crippen molar-refractivity contribution in [2.45, 2.75) is 32.5 Å². The molecule has 3 rings (SSSR count). The zero-order valence-corrected chi connectivity index (χ0v) is 16.0. The summed E-state index contributed by atoms with van der Waals surface area (Å²) in [5.74, 6) is -0.951. The van der Waals surface area contributed by atoms with Crippen LogP contribution in [0.1, 0.15) is 25.8 Å². The van der Waals surface area contributed by atoms with Gasteiger partial charge in [-0.25, -0.2) is 0 Å². The summed E-state index contributed by atoms with van der Waals surface area (Å²) in [7, 11) is 0. The fraction of sp³-hybridized carbons (Fsp3) is 0.333. The predicted molar refractivity (Wildman–Crippen MR) is 103 cm³/mol. The lowest BCUT2D eigenvalue weighted by molar-refractivity contribution is -0.137. The number of benzene rings is 2. The van der Waals surface area contributed by atoms with Crippen molar-refractivity contribution in [3.8, 4) is 5.75 Å². The second kappa shape index (κ2) is 8.14. The van der Waals surface area contributed by atoms with Crippen molar-refractivity contribution in [3.63, 3.8) is 0 Å². The van der Waals surface area contributed by atoms with Crippen LogP contribution in [0.25, 0.3) is 0 Å². The molecule has 1 aliphatic rings. The number of halogens is 3. The third-order valence-corrected chi connectivity index (χ3v) is 4.51. The minimum Gasteiger partial charge on any atom is -0.491 e. The molecule has 0 radical (unpaired) electrons. The Hall–Kier alpha value is -3.03. The van der Waals surface area contributed by atoms with E-state index in [2.05, 4.69) is 5.32 Å². The normalized spacial score (nSPS) is 17.0. The Morgan fingerprint density at radius 2 is 1.79 bits per heavy atom. The van der Waals surface area contributed by atoms with Crippen LogP contribution in [0.15, 0.2) is 48.5 Å². The first-order valence-corrected chi connectivity index (χ1v) is 9.19. The van der Waals surface area contributed by atoms with Gasteiger partial charge in [0.15, 0.2) is 0 Å². The molecule has 1 atom stereocenters. The molecule has 1 N–H and O–H groups in total. The molecule has 2 aromatic carbocycles. The van der Waals surface area contributed by atoms with Crippen LogP contribution in [0.4, 0.5) is 24.5 Å². The van der Waals surface area contributed by atoms with E-state index in [0.717, 1.165) is 6.07 Å². The van der Waals surface area contributed by atoms with E-state index in [1.165, 1.54) is 23.1 Å². The maximum Gasteiger partial charge on any atom is 0.418 e. The van der Waals surface area contributed by atoms with Crippen molar-refractivity contribution in [3.05, 3.63) is 54.1 Å². The number of alkyl halides is 3. The van der Waals surface area contributed by atoms with Crippen molar-refractivity contribution in [2.24, 2.45) is 5.92 Å². The molecular weight excluding hydrogens is 385 g/mol. The van der Waals surface area contributed by atoms with E-state index in [0.29, 0.717) is 11.4 Å². The summed E-state index contributed by atoms with van der Waals surface area (Å²) in [4.78, 5) is 26.3. The van der Waals surface area contributed by atoms with E-state index in [4.69, 9.17) is 4.74 Å². The highest BCUT2D eigenvalue weighted by Crippen LogP contribution is 2.35. The number of rotatable bonds is 5. The van der Waals surface area contributed by atoms with Gasteiger partial charge >= 0.3 is 6.18 Å². The van der Waals surface area contributed by atoms with Gasteiger partial charge in [0.1, 0.15) is 5.75 Å². The van der Waals surface area contributed by atoms with E-state index in [9.17, 15) is 22.8 Å². The number of nitrogens with zero attached hydrogens (tertiary/aromatic N) is 1. The molecule has 1 fully saturated rings. The minimum atomic E-state index is -4.58. The van der Waals surface area contributed by atoms with Gasteiger partial charge < -0.3 is 15.0 Å². The molecule has 1 heterocycles. The predicted octanol–water partition coefficient (Wildman–Crippen LogP) is 4.48. The third kappa shape index (κ3) is 4.88. The Balaban J connectivity index is 1.70. The molecule has 8 heteroatoms. The van der Waals surface area contributed by atoms with Crippen LogP contribution >= 0.6 is 0 Å². The lowest BCUT2D eigenvalue weighted by atomic mass is 10.1. The summed E-state index contributed by atoms with van der Waals surface area (Å²) in [5.41, 5.74) is -0.626. The number of carbonyl (C=O) groups is 2. The van der Waals surface area contributed by atoms with Gasteiger partial charge in [-0.3, -0.25) is 9.59 Å². The van der Waals surface area contributed by atoms with Gasteiger partial charge in [-0.15, -0.1) is 0 Å². The standard InChI is InChI=1S/C21H21F3N2O3/c1-13(2)29-16-9-7-15(8-10-16)26-12-14(11-19(26)27)20(28)25-18-6-4-3-5-17(18)21(22,23)24/h3-10,13-14H,11-12H2,1-2H3,(H,25,28)/t14-/m0/s1. The molecule has 2 aromatic rings. The fourth-order valence-electron chi connectivity index (χ4n) is 3.18. The first-order valence-electron chi connectivity index (χ1n) is 9.19. The summed E-state index contributed by atoms with van der Waals surface area (Å²) in [6, 6.07) is 11.7. The summed E-state index contributed by atoms with van der Waals surface area (Å²) < 4.78 is 44.9. The SMILES string of the molecule is CC(C)Oc1ccc(N2C[C@@H](C(=O)Nc3ccccc3C(F)(F)F)CC2=O)cc1. The summed E-state index contributed by atoms with van der Waals surface area (Å²) in [5, 5.41) is 2.32. The molecule has 29 heavy (non-hydrogen) atoms. The Morgan fingerprint density at radius 3 is 2.41 bits per heavy atom. The molecule has 0 saturated carbocycles. The summed E-state index contributed by atoms with van der Waals surface area (Å²) >= 11 is 0. The van der Waals surface area contributed by atoms with Crippen molar-refractivity contribution < 1.29 is 27.5 Å². The number of ether oxygens (including phenoxy) is 1. The van der Waals surface area contributed by atoms with Gasteiger partial charge in [0.05, 0.1) is 23.3 Å². The van der Waals surface area contributed by atoms with Gasteiger partial charge in [0.2, 0.25) is 11.8 Å². The topological polar surface area (TPSA) is 58.6 Å². The van der Waals surface area contributed by atoms with Gasteiger partial charge in [0, 0.05) is 18.7 Å². The Labute approximate surface area is 166 Å². The minimum absolute atomic E-state index is 0.0157. The summed E-state index contributed by atoms with van der Waals surface area (Å²) in [6.45, 7) is 3.90. The van der Waals surface area contributed by atoms with E-state index in [-0.39, 0.29) is 30.7 Å². The van der Waals surface area contributed by atoms with Crippen LogP contribution < -0.4 is 15.0 Å². The van der Waals surface area contributed by atoms with E-state index in [1.807, 2.05) is 13.8 Å². The monoisotopic (exact) mass is 406 g/mol. The largest absolute Gasteiger partial charge is 0.491 e. The smallest absolute Gasteiger partial charge is 0.418 e. The highest BCUT2D eigenvalue weighted by Gasteiger charge is 2.37. The number of hydrogen-bond donors (Lipinski definition) is 1. The molecular formula is C21H21F3N2O3. The molecule has 5 nitrogen and oxygen atoms in total. The lowest BCUT2D eigenvalue weighted by Crippen LogP contribution is -2.28. The van der Waals surface area contributed by atoms with Crippen LogP contribution in [0, 0.1) is 5.92 Å². The summed E-state index contributed by atoms with van der Waals surface area (Å²) in [6.07, 6.45) is -4.63. The van der Waals surface area contributed by atoms with Crippen LogP contribution in [0.2, 0.25) is 0 Å². The molecule has 1 saturated heterocycles. The fourth-order valence-corrected chi connectivity index (χ4v) is 3.18. The maximum absolute atomic E-state index is 13.1. The van der Waals surface area contributed by atoms with Gasteiger partial charge in [-0.1, -0.05) is 12.1 Å². The molecule has 0 aromatic heterocycles.